The largest absolute Gasteiger partial charge is 0.481 e. The molecule has 0 bridgehead atoms. The van der Waals surface area contributed by atoms with E-state index >= 15 is 0 Å². The van der Waals surface area contributed by atoms with Gasteiger partial charge in [-0.05, 0) is 6.42 Å². The van der Waals surface area contributed by atoms with Gasteiger partial charge in [0.1, 0.15) is 6.04 Å². The minimum atomic E-state index is -0.955. The average molecular weight is 229 g/mol. The molecule has 15 heavy (non-hydrogen) atoms. The second kappa shape index (κ2) is 3.84. The lowest BCUT2D eigenvalue weighted by Crippen LogP contribution is -2.39. The summed E-state index contributed by atoms with van der Waals surface area (Å²) >= 11 is 1.22. The van der Waals surface area contributed by atoms with Crippen molar-refractivity contribution < 1.29 is 19.5 Å². The SMILES string of the molecule is O=C(O)C1CC(=O)N(C2CCSC2=O)C1. The first kappa shape index (κ1) is 10.5. The number of carbonyl (C=O) groups excluding carboxylic acids is 2. The molecule has 0 saturated carbocycles. The Labute approximate surface area is 90.8 Å². The lowest BCUT2D eigenvalue weighted by atomic mass is 10.1. The number of hydrogen-bond donors (Lipinski definition) is 1. The van der Waals surface area contributed by atoms with Crippen molar-refractivity contribution >= 4 is 28.8 Å². The molecule has 6 heteroatoms. The summed E-state index contributed by atoms with van der Waals surface area (Å²) < 4.78 is 0. The monoisotopic (exact) mass is 229 g/mol. The number of carbonyl (C=O) groups is 3. The highest BCUT2D eigenvalue weighted by Crippen LogP contribution is 2.29. The molecule has 2 unspecified atom stereocenters. The number of likely N-dealkylation sites (tertiary alicyclic amines) is 1. The predicted octanol–water partition coefficient (Wildman–Crippen LogP) is -0.0484. The maximum Gasteiger partial charge on any atom is 0.308 e. The minimum Gasteiger partial charge on any atom is -0.481 e. The van der Waals surface area contributed by atoms with Crippen molar-refractivity contribution in [1.82, 2.24) is 4.90 Å². The van der Waals surface area contributed by atoms with Crippen molar-refractivity contribution in [3.8, 4) is 0 Å². The highest BCUT2D eigenvalue weighted by atomic mass is 32.2. The second-order valence-electron chi connectivity index (χ2n) is 3.76. The fraction of sp³-hybridized carbons (Fsp3) is 0.667. The molecule has 0 radical (unpaired) electrons. The standard InChI is InChI=1S/C9H11NO4S/c11-7-3-5(8(12)13)4-10(7)6-1-2-15-9(6)14/h5-6H,1-4H2,(H,12,13). The molecule has 0 spiro atoms. The van der Waals surface area contributed by atoms with E-state index in [1.165, 1.54) is 16.7 Å². The van der Waals surface area contributed by atoms with Gasteiger partial charge in [-0.2, -0.15) is 0 Å². The number of carboxylic acids is 1. The van der Waals surface area contributed by atoms with Crippen molar-refractivity contribution in [3.63, 3.8) is 0 Å². The molecule has 5 nitrogen and oxygen atoms in total. The Kier molecular flexibility index (Phi) is 2.68. The molecule has 2 aliphatic rings. The first-order valence-corrected chi connectivity index (χ1v) is 5.77. The number of carboxylic acid groups (broad SMARTS) is 1. The highest BCUT2D eigenvalue weighted by molar-refractivity contribution is 8.14. The Morgan fingerprint density at radius 1 is 1.47 bits per heavy atom. The van der Waals surface area contributed by atoms with Gasteiger partial charge < -0.3 is 10.0 Å². The minimum absolute atomic E-state index is 0.00520. The molecular formula is C9H11NO4S. The topological polar surface area (TPSA) is 74.7 Å². The Hall–Kier alpha value is -1.04. The van der Waals surface area contributed by atoms with Gasteiger partial charge in [-0.3, -0.25) is 14.4 Å². The van der Waals surface area contributed by atoms with Gasteiger partial charge in [-0.25, -0.2) is 0 Å². The smallest absolute Gasteiger partial charge is 0.308 e. The zero-order chi connectivity index (χ0) is 11.0. The van der Waals surface area contributed by atoms with Crippen LogP contribution in [-0.4, -0.2) is 45.3 Å². The van der Waals surface area contributed by atoms with E-state index in [0.717, 1.165) is 5.75 Å². The first-order valence-electron chi connectivity index (χ1n) is 4.78. The molecule has 2 fully saturated rings. The quantitative estimate of drug-likeness (QED) is 0.718. The van der Waals surface area contributed by atoms with Crippen LogP contribution in [0.25, 0.3) is 0 Å². The molecule has 2 aliphatic heterocycles. The molecule has 0 aromatic heterocycles. The number of amides is 1. The van der Waals surface area contributed by atoms with Gasteiger partial charge in [0, 0.05) is 18.7 Å². The van der Waals surface area contributed by atoms with E-state index in [1.807, 2.05) is 0 Å². The van der Waals surface area contributed by atoms with E-state index in [-0.39, 0.29) is 30.0 Å². The third-order valence-corrected chi connectivity index (χ3v) is 3.79. The molecule has 2 heterocycles. The fourth-order valence-corrected chi connectivity index (χ4v) is 2.95. The van der Waals surface area contributed by atoms with Crippen LogP contribution in [0, 0.1) is 5.92 Å². The van der Waals surface area contributed by atoms with Crippen LogP contribution in [0.3, 0.4) is 0 Å². The van der Waals surface area contributed by atoms with E-state index in [0.29, 0.717) is 6.42 Å². The number of rotatable bonds is 2. The van der Waals surface area contributed by atoms with E-state index < -0.39 is 11.9 Å². The predicted molar refractivity (Wildman–Crippen MR) is 53.3 cm³/mol. The van der Waals surface area contributed by atoms with Gasteiger partial charge in [0.25, 0.3) is 0 Å². The van der Waals surface area contributed by atoms with Crippen LogP contribution in [0.15, 0.2) is 0 Å². The normalized spacial score (nSPS) is 31.3. The second-order valence-corrected chi connectivity index (χ2v) is 4.86. The molecule has 2 rings (SSSR count). The first-order chi connectivity index (χ1) is 7.09. The van der Waals surface area contributed by atoms with E-state index in [9.17, 15) is 14.4 Å². The molecule has 0 aromatic rings. The zero-order valence-corrected chi connectivity index (χ0v) is 8.83. The summed E-state index contributed by atoms with van der Waals surface area (Å²) in [6.45, 7) is 0.186. The molecule has 2 saturated heterocycles. The van der Waals surface area contributed by atoms with E-state index in [2.05, 4.69) is 0 Å². The maximum atomic E-state index is 11.5. The van der Waals surface area contributed by atoms with Crippen LogP contribution in [0.1, 0.15) is 12.8 Å². The Balaban J connectivity index is 2.08. The summed E-state index contributed by atoms with van der Waals surface area (Å²) in [5.74, 6) is -1.08. The molecule has 1 N–H and O–H groups in total. The van der Waals surface area contributed by atoms with Crippen LogP contribution >= 0.6 is 11.8 Å². The molecular weight excluding hydrogens is 218 g/mol. The lowest BCUT2D eigenvalue weighted by molar-refractivity contribution is -0.141. The summed E-state index contributed by atoms with van der Waals surface area (Å²) in [7, 11) is 0. The fourth-order valence-electron chi connectivity index (χ4n) is 1.97. The summed E-state index contributed by atoms with van der Waals surface area (Å²) in [4.78, 5) is 35.1. The Bertz CT molecular complexity index is 330. The van der Waals surface area contributed by atoms with Crippen LogP contribution in [0.4, 0.5) is 0 Å². The average Bonchev–Trinajstić information content (AvgIpc) is 2.71. The van der Waals surface area contributed by atoms with Crippen LogP contribution < -0.4 is 0 Å². The summed E-state index contributed by atoms with van der Waals surface area (Å²) in [5, 5.41) is 8.78. The van der Waals surface area contributed by atoms with Crippen LogP contribution in [0.2, 0.25) is 0 Å². The Morgan fingerprint density at radius 2 is 2.20 bits per heavy atom. The van der Waals surface area contributed by atoms with E-state index in [4.69, 9.17) is 5.11 Å². The maximum absolute atomic E-state index is 11.5. The van der Waals surface area contributed by atoms with Gasteiger partial charge in [-0.15, -0.1) is 0 Å². The van der Waals surface area contributed by atoms with Crippen LogP contribution in [0.5, 0.6) is 0 Å². The van der Waals surface area contributed by atoms with Crippen molar-refractivity contribution in [2.75, 3.05) is 12.3 Å². The highest BCUT2D eigenvalue weighted by Gasteiger charge is 2.42. The summed E-state index contributed by atoms with van der Waals surface area (Å²) in [6.07, 6.45) is 0.686. The third-order valence-electron chi connectivity index (χ3n) is 2.79. The van der Waals surface area contributed by atoms with Crippen molar-refractivity contribution in [2.24, 2.45) is 5.92 Å². The van der Waals surface area contributed by atoms with Gasteiger partial charge in [0.15, 0.2) is 0 Å². The van der Waals surface area contributed by atoms with Gasteiger partial charge in [-0.1, -0.05) is 11.8 Å². The van der Waals surface area contributed by atoms with E-state index in [1.54, 1.807) is 0 Å². The molecule has 82 valence electrons. The summed E-state index contributed by atoms with van der Waals surface area (Å²) in [6, 6.07) is -0.383. The molecule has 1 amide bonds. The lowest BCUT2D eigenvalue weighted by Gasteiger charge is -2.21. The zero-order valence-electron chi connectivity index (χ0n) is 8.01. The Morgan fingerprint density at radius 3 is 2.67 bits per heavy atom. The molecule has 0 aromatic carbocycles. The molecule has 0 aliphatic carbocycles. The molecule has 2 atom stereocenters. The number of thioether (sulfide) groups is 1. The summed E-state index contributed by atoms with van der Waals surface area (Å²) in [5.41, 5.74) is 0. The third kappa shape index (κ3) is 1.86. The van der Waals surface area contributed by atoms with Crippen molar-refractivity contribution in [1.29, 1.82) is 0 Å². The number of aliphatic carboxylic acids is 1. The van der Waals surface area contributed by atoms with Gasteiger partial charge >= 0.3 is 5.97 Å². The van der Waals surface area contributed by atoms with Gasteiger partial charge in [0.2, 0.25) is 11.0 Å². The van der Waals surface area contributed by atoms with Crippen molar-refractivity contribution in [2.45, 2.75) is 18.9 Å². The number of hydrogen-bond acceptors (Lipinski definition) is 4. The van der Waals surface area contributed by atoms with Crippen molar-refractivity contribution in [3.05, 3.63) is 0 Å². The van der Waals surface area contributed by atoms with Gasteiger partial charge in [0.05, 0.1) is 5.92 Å². The van der Waals surface area contributed by atoms with Crippen LogP contribution in [-0.2, 0) is 14.4 Å². The number of nitrogens with zero attached hydrogens (tertiary/aromatic N) is 1.